The van der Waals surface area contributed by atoms with Crippen LogP contribution in [0.25, 0.3) is 0 Å². The lowest BCUT2D eigenvalue weighted by molar-refractivity contribution is -0.127. The third kappa shape index (κ3) is 9.97. The summed E-state index contributed by atoms with van der Waals surface area (Å²) in [6, 6.07) is -1.10. The number of nitrogens with zero attached hydrogens (tertiary/aromatic N) is 1. The summed E-state index contributed by atoms with van der Waals surface area (Å²) in [5, 5.41) is 2.71. The van der Waals surface area contributed by atoms with Gasteiger partial charge in [0.2, 0.25) is 5.91 Å². The first-order valence-corrected chi connectivity index (χ1v) is 7.41. The highest BCUT2D eigenvalue weighted by atomic mass is 16.2. The SMILES string of the molecule is CC(=O)C(CCCN=C(C)N)NC(=O)C(N)CCCCN. The molecule has 0 bridgehead atoms. The van der Waals surface area contributed by atoms with Crippen LogP contribution in [0.1, 0.15) is 46.0 Å². The molecule has 0 fully saturated rings. The van der Waals surface area contributed by atoms with Crippen molar-refractivity contribution in [3.63, 3.8) is 0 Å². The van der Waals surface area contributed by atoms with E-state index in [2.05, 4.69) is 10.3 Å². The molecular weight excluding hydrogens is 270 g/mol. The van der Waals surface area contributed by atoms with E-state index in [-0.39, 0.29) is 11.7 Å². The Labute approximate surface area is 126 Å². The van der Waals surface area contributed by atoms with Crippen LogP contribution in [-0.2, 0) is 9.59 Å². The van der Waals surface area contributed by atoms with Gasteiger partial charge in [0, 0.05) is 6.54 Å². The molecule has 0 rings (SSSR count). The molecule has 2 atom stereocenters. The molecule has 0 heterocycles. The van der Waals surface area contributed by atoms with Gasteiger partial charge < -0.3 is 22.5 Å². The van der Waals surface area contributed by atoms with Gasteiger partial charge in [-0.25, -0.2) is 0 Å². The van der Waals surface area contributed by atoms with Crippen LogP contribution in [0.5, 0.6) is 0 Å². The standard InChI is InChI=1S/C14H29N5O2/c1-10(20)13(7-5-9-18-11(2)16)19-14(21)12(17)6-3-4-8-15/h12-13H,3-9,15,17H2,1-2H3,(H2,16,18)(H,19,21). The van der Waals surface area contributed by atoms with Gasteiger partial charge >= 0.3 is 0 Å². The van der Waals surface area contributed by atoms with Crippen LogP contribution in [0.15, 0.2) is 4.99 Å². The van der Waals surface area contributed by atoms with Gasteiger partial charge in [0.05, 0.1) is 17.9 Å². The Hall–Kier alpha value is -1.47. The Bertz CT molecular complexity index is 353. The molecule has 0 aliphatic rings. The smallest absolute Gasteiger partial charge is 0.237 e. The van der Waals surface area contributed by atoms with Gasteiger partial charge in [-0.15, -0.1) is 0 Å². The number of carbonyl (C=O) groups excluding carboxylic acids is 2. The zero-order valence-electron chi connectivity index (χ0n) is 13.1. The zero-order chi connectivity index (χ0) is 16.3. The first-order chi connectivity index (χ1) is 9.88. The molecule has 0 spiro atoms. The van der Waals surface area contributed by atoms with Crippen molar-refractivity contribution in [2.24, 2.45) is 22.2 Å². The van der Waals surface area contributed by atoms with Crippen LogP contribution in [0, 0.1) is 0 Å². The third-order valence-corrected chi connectivity index (χ3v) is 3.13. The van der Waals surface area contributed by atoms with Crippen LogP contribution < -0.4 is 22.5 Å². The van der Waals surface area contributed by atoms with Crippen molar-refractivity contribution < 1.29 is 9.59 Å². The van der Waals surface area contributed by atoms with E-state index in [1.165, 1.54) is 6.92 Å². The third-order valence-electron chi connectivity index (χ3n) is 3.13. The topological polar surface area (TPSA) is 137 Å². The van der Waals surface area contributed by atoms with Crippen LogP contribution in [0.3, 0.4) is 0 Å². The summed E-state index contributed by atoms with van der Waals surface area (Å²) in [6.45, 7) is 4.31. The fraction of sp³-hybridized carbons (Fsp3) is 0.786. The molecule has 7 heteroatoms. The molecule has 0 radical (unpaired) electrons. The van der Waals surface area contributed by atoms with Gasteiger partial charge in [0.15, 0.2) is 5.78 Å². The number of hydrogen-bond donors (Lipinski definition) is 4. The maximum Gasteiger partial charge on any atom is 0.237 e. The monoisotopic (exact) mass is 299 g/mol. The highest BCUT2D eigenvalue weighted by Gasteiger charge is 2.20. The minimum absolute atomic E-state index is 0.0778. The number of Topliss-reactive ketones (excluding diaryl/α,β-unsaturated/α-hetero) is 1. The van der Waals surface area contributed by atoms with Crippen molar-refractivity contribution in [1.29, 1.82) is 0 Å². The predicted molar refractivity (Wildman–Crippen MR) is 84.9 cm³/mol. The summed E-state index contributed by atoms with van der Waals surface area (Å²) < 4.78 is 0. The van der Waals surface area contributed by atoms with Crippen molar-refractivity contribution in [1.82, 2.24) is 5.32 Å². The van der Waals surface area contributed by atoms with Gasteiger partial charge in [0.25, 0.3) is 0 Å². The summed E-state index contributed by atoms with van der Waals surface area (Å²) >= 11 is 0. The van der Waals surface area contributed by atoms with E-state index in [4.69, 9.17) is 17.2 Å². The quantitative estimate of drug-likeness (QED) is 0.235. The molecule has 0 aromatic heterocycles. The van der Waals surface area contributed by atoms with E-state index in [0.717, 1.165) is 12.8 Å². The minimum atomic E-state index is -0.595. The van der Waals surface area contributed by atoms with Gasteiger partial charge in [-0.3, -0.25) is 14.6 Å². The number of amides is 1. The van der Waals surface area contributed by atoms with Crippen LogP contribution in [0.2, 0.25) is 0 Å². The molecule has 2 unspecified atom stereocenters. The van der Waals surface area contributed by atoms with Gasteiger partial charge in [0.1, 0.15) is 0 Å². The van der Waals surface area contributed by atoms with Crippen LogP contribution in [0.4, 0.5) is 0 Å². The first kappa shape index (κ1) is 19.5. The highest BCUT2D eigenvalue weighted by molar-refractivity contribution is 5.89. The average Bonchev–Trinajstić information content (AvgIpc) is 2.41. The summed E-state index contributed by atoms with van der Waals surface area (Å²) in [7, 11) is 0. The number of carbonyl (C=O) groups is 2. The van der Waals surface area contributed by atoms with Crippen molar-refractivity contribution in [2.45, 2.75) is 58.0 Å². The molecule has 1 amide bonds. The van der Waals surface area contributed by atoms with E-state index < -0.39 is 12.1 Å². The van der Waals surface area contributed by atoms with Gasteiger partial charge in [-0.05, 0) is 46.1 Å². The summed E-state index contributed by atoms with van der Waals surface area (Å²) in [5.41, 5.74) is 16.6. The molecular formula is C14H29N5O2. The number of aliphatic imine (C=N–C) groups is 1. The molecule has 21 heavy (non-hydrogen) atoms. The lowest BCUT2D eigenvalue weighted by atomic mass is 10.1. The van der Waals surface area contributed by atoms with E-state index in [9.17, 15) is 9.59 Å². The lowest BCUT2D eigenvalue weighted by Crippen LogP contribution is -2.47. The number of amidine groups is 1. The number of ketones is 1. The molecule has 7 nitrogen and oxygen atoms in total. The Balaban J connectivity index is 4.20. The van der Waals surface area contributed by atoms with E-state index in [0.29, 0.717) is 38.2 Å². The second-order valence-electron chi connectivity index (χ2n) is 5.23. The van der Waals surface area contributed by atoms with Crippen molar-refractivity contribution >= 4 is 17.5 Å². The minimum Gasteiger partial charge on any atom is -0.388 e. The predicted octanol–water partition coefficient (Wildman–Crippen LogP) is -0.326. The van der Waals surface area contributed by atoms with Crippen molar-refractivity contribution in [2.75, 3.05) is 13.1 Å². The number of hydrogen-bond acceptors (Lipinski definition) is 5. The molecule has 0 saturated carbocycles. The Morgan fingerprint density at radius 3 is 2.33 bits per heavy atom. The number of unbranched alkanes of at least 4 members (excludes halogenated alkanes) is 1. The van der Waals surface area contributed by atoms with E-state index in [1.807, 2.05) is 0 Å². The summed E-state index contributed by atoms with van der Waals surface area (Å²) in [5.74, 6) is 0.150. The summed E-state index contributed by atoms with van der Waals surface area (Å²) in [4.78, 5) is 27.5. The second-order valence-corrected chi connectivity index (χ2v) is 5.23. The molecule has 0 aromatic carbocycles. The fourth-order valence-corrected chi connectivity index (χ4v) is 1.85. The van der Waals surface area contributed by atoms with Crippen LogP contribution >= 0.6 is 0 Å². The highest BCUT2D eigenvalue weighted by Crippen LogP contribution is 2.03. The van der Waals surface area contributed by atoms with E-state index in [1.54, 1.807) is 6.92 Å². The maximum absolute atomic E-state index is 11.9. The zero-order valence-corrected chi connectivity index (χ0v) is 13.1. The normalized spacial score (nSPS) is 14.6. The number of nitrogens with one attached hydrogen (secondary N) is 1. The Morgan fingerprint density at radius 1 is 1.14 bits per heavy atom. The van der Waals surface area contributed by atoms with Crippen LogP contribution in [-0.4, -0.2) is 42.7 Å². The molecule has 0 aliphatic heterocycles. The molecule has 0 aromatic rings. The molecule has 0 aliphatic carbocycles. The summed E-state index contributed by atoms with van der Waals surface area (Å²) in [6.07, 6.45) is 3.44. The maximum atomic E-state index is 11.9. The van der Waals surface area contributed by atoms with Crippen molar-refractivity contribution in [3.8, 4) is 0 Å². The van der Waals surface area contributed by atoms with Crippen molar-refractivity contribution in [3.05, 3.63) is 0 Å². The first-order valence-electron chi connectivity index (χ1n) is 7.41. The van der Waals surface area contributed by atoms with Gasteiger partial charge in [-0.1, -0.05) is 6.42 Å². The van der Waals surface area contributed by atoms with E-state index >= 15 is 0 Å². The number of rotatable bonds is 11. The Morgan fingerprint density at radius 2 is 1.81 bits per heavy atom. The molecule has 122 valence electrons. The number of nitrogens with two attached hydrogens (primary N) is 3. The Kier molecular flexibility index (Phi) is 10.4. The molecule has 0 saturated heterocycles. The van der Waals surface area contributed by atoms with Gasteiger partial charge in [-0.2, -0.15) is 0 Å². The second kappa shape index (κ2) is 11.2. The lowest BCUT2D eigenvalue weighted by Gasteiger charge is -2.18. The largest absolute Gasteiger partial charge is 0.388 e. The average molecular weight is 299 g/mol. The molecule has 7 N–H and O–H groups in total. The fourth-order valence-electron chi connectivity index (χ4n) is 1.85.